The molecule has 0 saturated carbocycles. The molecule has 3 aromatic carbocycles. The van der Waals surface area contributed by atoms with Crippen molar-refractivity contribution in [3.63, 3.8) is 0 Å². The number of carboxylic acids is 1. The van der Waals surface area contributed by atoms with Crippen LogP contribution in [-0.2, 0) is 32.5 Å². The van der Waals surface area contributed by atoms with Crippen LogP contribution >= 0.6 is 0 Å². The van der Waals surface area contributed by atoms with E-state index in [9.17, 15) is 22.8 Å². The third-order valence-corrected chi connectivity index (χ3v) is 10.8. The van der Waals surface area contributed by atoms with Crippen LogP contribution in [0.1, 0.15) is 97.2 Å². The fourth-order valence-corrected chi connectivity index (χ4v) is 7.75. The number of ether oxygens (including phenoxy) is 3. The van der Waals surface area contributed by atoms with Crippen molar-refractivity contribution in [3.05, 3.63) is 94.5 Å². The molecule has 4 N–H and O–H groups in total. The molecule has 0 heterocycles. The molecule has 13 nitrogen and oxygen atoms in total. The van der Waals surface area contributed by atoms with Crippen molar-refractivity contribution >= 4 is 27.9 Å². The van der Waals surface area contributed by atoms with E-state index in [0.29, 0.717) is 69.8 Å². The monoisotopic (exact) mass is 812 g/mol. The van der Waals surface area contributed by atoms with Gasteiger partial charge in [0.1, 0.15) is 17.6 Å². The van der Waals surface area contributed by atoms with Crippen LogP contribution in [0.4, 0.5) is 0 Å². The third-order valence-electron chi connectivity index (χ3n) is 8.92. The highest BCUT2D eigenvalue weighted by molar-refractivity contribution is 7.89. The zero-order valence-electron chi connectivity index (χ0n) is 34.8. The summed E-state index contributed by atoms with van der Waals surface area (Å²) < 4.78 is 43.3. The van der Waals surface area contributed by atoms with Crippen molar-refractivity contribution in [3.8, 4) is 11.5 Å². The van der Waals surface area contributed by atoms with E-state index in [-0.39, 0.29) is 23.6 Å². The van der Waals surface area contributed by atoms with Gasteiger partial charge in [-0.3, -0.25) is 9.59 Å². The molecule has 0 saturated heterocycles. The lowest BCUT2D eigenvalue weighted by Crippen LogP contribution is -2.46. The number of aryl methyl sites for hydroxylation is 1. The van der Waals surface area contributed by atoms with Gasteiger partial charge in [0.15, 0.2) is 0 Å². The second-order valence-electron chi connectivity index (χ2n) is 13.9. The summed E-state index contributed by atoms with van der Waals surface area (Å²) >= 11 is 0. The summed E-state index contributed by atoms with van der Waals surface area (Å²) in [6.07, 6.45) is 2.77. The first-order chi connectivity index (χ1) is 27.2. The molecule has 14 heteroatoms. The molecule has 0 aliphatic rings. The minimum Gasteiger partial charge on any atom is -0.497 e. The highest BCUT2D eigenvalue weighted by Crippen LogP contribution is 2.17. The molecule has 316 valence electrons. The van der Waals surface area contributed by atoms with E-state index in [1.165, 1.54) is 10.4 Å². The van der Waals surface area contributed by atoms with Gasteiger partial charge in [-0.2, -0.15) is 0 Å². The number of esters is 1. The van der Waals surface area contributed by atoms with Crippen LogP contribution in [0.15, 0.2) is 66.7 Å². The van der Waals surface area contributed by atoms with Crippen LogP contribution in [0.3, 0.4) is 0 Å². The second-order valence-corrected chi connectivity index (χ2v) is 16.0. The van der Waals surface area contributed by atoms with Crippen LogP contribution in [0.2, 0.25) is 0 Å². The first kappa shape index (κ1) is 48.6. The van der Waals surface area contributed by atoms with Crippen LogP contribution in [0.25, 0.3) is 0 Å². The summed E-state index contributed by atoms with van der Waals surface area (Å²) in [6, 6.07) is 19.5. The van der Waals surface area contributed by atoms with Crippen LogP contribution in [-0.4, -0.2) is 105 Å². The second kappa shape index (κ2) is 25.7. The van der Waals surface area contributed by atoms with Crippen molar-refractivity contribution in [2.45, 2.75) is 91.8 Å². The Morgan fingerprint density at radius 3 is 1.88 bits per heavy atom. The molecule has 1 amide bonds. The SMILES string of the molecule is CCCN(CCC)C(=O)c1cc(C)cc(C(=O)O)c1.CCCN(CCC)S(=O)(=O)CCC(=O)O[C@H](CNCc1cccc(OC)c1)[C@@H](N)Cc1cccc(OC)c1. The van der Waals surface area contributed by atoms with E-state index < -0.39 is 34.1 Å². The van der Waals surface area contributed by atoms with Crippen molar-refractivity contribution < 1.29 is 42.1 Å². The minimum absolute atomic E-state index is 0.0881. The molecule has 0 spiro atoms. The average Bonchev–Trinajstić information content (AvgIpc) is 3.19. The molecule has 0 fully saturated rings. The van der Waals surface area contributed by atoms with Gasteiger partial charge in [-0.15, -0.1) is 0 Å². The lowest BCUT2D eigenvalue weighted by molar-refractivity contribution is -0.149. The molecule has 2 atom stereocenters. The van der Waals surface area contributed by atoms with Crippen molar-refractivity contribution in [2.75, 3.05) is 52.7 Å². The Bertz CT molecular complexity index is 1790. The first-order valence-corrected chi connectivity index (χ1v) is 21.4. The molecular weight excluding hydrogens is 749 g/mol. The Morgan fingerprint density at radius 1 is 0.789 bits per heavy atom. The first-order valence-electron chi connectivity index (χ1n) is 19.7. The number of amides is 1. The summed E-state index contributed by atoms with van der Waals surface area (Å²) in [7, 11) is -0.340. The van der Waals surface area contributed by atoms with Gasteiger partial charge in [-0.05, 0) is 98.2 Å². The van der Waals surface area contributed by atoms with Crippen molar-refractivity contribution in [1.29, 1.82) is 0 Å². The maximum absolute atomic E-state index is 12.8. The molecule has 0 unspecified atom stereocenters. The minimum atomic E-state index is -3.55. The van der Waals surface area contributed by atoms with Gasteiger partial charge in [0.2, 0.25) is 10.0 Å². The van der Waals surface area contributed by atoms with E-state index in [1.807, 2.05) is 76.2 Å². The third kappa shape index (κ3) is 17.3. The summed E-state index contributed by atoms with van der Waals surface area (Å²) in [5.41, 5.74) is 9.88. The number of carbonyl (C=O) groups excluding carboxylic acids is 2. The van der Waals surface area contributed by atoms with Gasteiger partial charge in [-0.1, -0.05) is 52.0 Å². The Balaban J connectivity index is 0.000000494. The van der Waals surface area contributed by atoms with Gasteiger partial charge in [0.25, 0.3) is 5.91 Å². The molecule has 0 bridgehead atoms. The highest BCUT2D eigenvalue weighted by atomic mass is 32.2. The number of nitrogens with zero attached hydrogens (tertiary/aromatic N) is 2. The Labute approximate surface area is 339 Å². The quantitative estimate of drug-likeness (QED) is 0.0895. The van der Waals surface area contributed by atoms with Gasteiger partial charge < -0.3 is 35.3 Å². The number of carbonyl (C=O) groups is 3. The molecule has 0 radical (unpaired) electrons. The number of rotatable bonds is 24. The number of carboxylic acid groups (broad SMARTS) is 1. The van der Waals surface area contributed by atoms with Gasteiger partial charge in [-0.25, -0.2) is 17.5 Å². The number of hydrogen-bond acceptors (Lipinski definition) is 10. The van der Waals surface area contributed by atoms with Gasteiger partial charge >= 0.3 is 11.9 Å². The van der Waals surface area contributed by atoms with Crippen molar-refractivity contribution in [2.24, 2.45) is 5.73 Å². The smallest absolute Gasteiger partial charge is 0.335 e. The summed E-state index contributed by atoms with van der Waals surface area (Å²) in [4.78, 5) is 38.0. The Kier molecular flexibility index (Phi) is 21.9. The maximum Gasteiger partial charge on any atom is 0.335 e. The zero-order chi connectivity index (χ0) is 42.4. The molecule has 0 aromatic heterocycles. The van der Waals surface area contributed by atoms with Gasteiger partial charge in [0, 0.05) is 50.9 Å². The van der Waals surface area contributed by atoms with Crippen molar-refractivity contribution in [1.82, 2.24) is 14.5 Å². The number of sulfonamides is 1. The summed E-state index contributed by atoms with van der Waals surface area (Å²) in [5.74, 6) is -0.501. The van der Waals surface area contributed by atoms with Crippen LogP contribution < -0.4 is 20.5 Å². The van der Waals surface area contributed by atoms with E-state index in [0.717, 1.165) is 35.3 Å². The van der Waals surface area contributed by atoms with E-state index in [2.05, 4.69) is 5.32 Å². The van der Waals surface area contributed by atoms with Crippen LogP contribution in [0, 0.1) is 6.92 Å². The Hall–Kier alpha value is -4.50. The molecular formula is C43H64N4O9S. The largest absolute Gasteiger partial charge is 0.497 e. The predicted octanol–water partition coefficient (Wildman–Crippen LogP) is 6.07. The van der Waals surface area contributed by atoms with E-state index in [1.54, 1.807) is 38.2 Å². The maximum atomic E-state index is 12.8. The zero-order valence-corrected chi connectivity index (χ0v) is 35.6. The normalized spacial score (nSPS) is 12.2. The number of nitrogens with two attached hydrogens (primary N) is 1. The number of nitrogens with one attached hydrogen (secondary N) is 1. The fourth-order valence-electron chi connectivity index (χ4n) is 6.15. The molecule has 3 rings (SSSR count). The fraction of sp³-hybridized carbons (Fsp3) is 0.512. The Morgan fingerprint density at radius 2 is 1.33 bits per heavy atom. The number of benzene rings is 3. The molecule has 57 heavy (non-hydrogen) atoms. The number of aromatic carboxylic acids is 1. The molecule has 0 aliphatic carbocycles. The van der Waals surface area contributed by atoms with E-state index >= 15 is 0 Å². The molecule has 0 aliphatic heterocycles. The molecule has 3 aromatic rings. The standard InChI is InChI=1S/C28H43N3O6S.C15H21NO3/c1-5-14-31(15-6-2)38(33,34)16-13-28(32)37-27(21-30-20-23-10-8-12-25(18-23)36-4)26(29)19-22-9-7-11-24(17-22)35-3;1-4-6-16(7-5-2)14(17)12-8-11(3)9-13(10-12)15(18)19/h7-12,17-18,26-27,30H,5-6,13-16,19-21,29H2,1-4H3;8-10H,4-7H2,1-3H3,(H,18,19)/t26-,27+;/m0./s1. The predicted molar refractivity (Wildman–Crippen MR) is 224 cm³/mol. The lowest BCUT2D eigenvalue weighted by Gasteiger charge is -2.25. The van der Waals surface area contributed by atoms with Crippen LogP contribution in [0.5, 0.6) is 11.5 Å². The summed E-state index contributed by atoms with van der Waals surface area (Å²) in [6.45, 7) is 12.8. The lowest BCUT2D eigenvalue weighted by atomic mass is 10.0. The van der Waals surface area contributed by atoms with E-state index in [4.69, 9.17) is 25.1 Å². The van der Waals surface area contributed by atoms with Gasteiger partial charge in [0.05, 0.1) is 32.0 Å². The number of methoxy groups -OCH3 is 2. The summed E-state index contributed by atoms with van der Waals surface area (Å²) in [5, 5.41) is 12.3. The highest BCUT2D eigenvalue weighted by Gasteiger charge is 2.26. The number of hydrogen-bond donors (Lipinski definition) is 3. The topological polar surface area (TPSA) is 178 Å². The average molecular weight is 813 g/mol.